The van der Waals surface area contributed by atoms with Crippen LogP contribution in [0.15, 0.2) is 34.4 Å². The van der Waals surface area contributed by atoms with E-state index in [4.69, 9.17) is 14.0 Å². The van der Waals surface area contributed by atoms with Crippen molar-refractivity contribution in [3.63, 3.8) is 0 Å². The van der Waals surface area contributed by atoms with Gasteiger partial charge in [-0.2, -0.15) is 0 Å². The first-order chi connectivity index (χ1) is 12.6. The van der Waals surface area contributed by atoms with Crippen molar-refractivity contribution in [2.75, 3.05) is 33.4 Å². The summed E-state index contributed by atoms with van der Waals surface area (Å²) in [5, 5.41) is 14.3. The number of likely N-dealkylation sites (tertiary alicyclic amines) is 1. The second-order valence-corrected chi connectivity index (χ2v) is 7.13. The molecule has 0 radical (unpaired) electrons. The third-order valence-corrected chi connectivity index (χ3v) is 5.04. The van der Waals surface area contributed by atoms with E-state index >= 15 is 0 Å². The van der Waals surface area contributed by atoms with E-state index in [0.717, 1.165) is 41.6 Å². The van der Waals surface area contributed by atoms with Crippen LogP contribution in [0.1, 0.15) is 17.0 Å². The fourth-order valence-electron chi connectivity index (χ4n) is 3.81. The van der Waals surface area contributed by atoms with Gasteiger partial charge in [0.1, 0.15) is 12.4 Å². The largest absolute Gasteiger partial charge is 0.493 e. The van der Waals surface area contributed by atoms with Crippen molar-refractivity contribution in [3.8, 4) is 11.5 Å². The van der Waals surface area contributed by atoms with Crippen molar-refractivity contribution in [3.05, 3.63) is 46.9 Å². The fourth-order valence-corrected chi connectivity index (χ4v) is 3.81. The molecule has 1 aromatic carbocycles. The lowest BCUT2D eigenvalue weighted by molar-refractivity contribution is 0.138. The molecule has 0 saturated carbocycles. The minimum absolute atomic E-state index is 0.167. The number of aliphatic hydroxyl groups excluding tert-OH is 1. The van der Waals surface area contributed by atoms with E-state index in [-0.39, 0.29) is 12.0 Å². The van der Waals surface area contributed by atoms with Crippen molar-refractivity contribution in [1.82, 2.24) is 10.1 Å². The first-order valence-electron chi connectivity index (χ1n) is 8.94. The minimum atomic E-state index is -0.349. The van der Waals surface area contributed by atoms with Gasteiger partial charge in [-0.25, -0.2) is 0 Å². The van der Waals surface area contributed by atoms with Crippen LogP contribution in [0.2, 0.25) is 0 Å². The van der Waals surface area contributed by atoms with Gasteiger partial charge < -0.3 is 19.1 Å². The summed E-state index contributed by atoms with van der Waals surface area (Å²) in [6.07, 6.45) is 2.53. The van der Waals surface area contributed by atoms with Crippen molar-refractivity contribution in [2.24, 2.45) is 5.92 Å². The molecule has 2 atom stereocenters. The Labute approximate surface area is 153 Å². The normalized spacial score (nSPS) is 22.7. The summed E-state index contributed by atoms with van der Waals surface area (Å²) in [5.41, 5.74) is 3.12. The van der Waals surface area contributed by atoms with Gasteiger partial charge in [0.05, 0.1) is 18.9 Å². The number of ether oxygens (including phenoxy) is 2. The summed E-state index contributed by atoms with van der Waals surface area (Å²) in [5.74, 6) is 2.57. The van der Waals surface area contributed by atoms with Crippen LogP contribution in [0.5, 0.6) is 11.5 Å². The first-order valence-corrected chi connectivity index (χ1v) is 8.94. The highest BCUT2D eigenvalue weighted by molar-refractivity contribution is 5.66. The molecular formula is C20H24N2O4. The van der Waals surface area contributed by atoms with Gasteiger partial charge in [-0.05, 0) is 24.6 Å². The van der Waals surface area contributed by atoms with Gasteiger partial charge >= 0.3 is 0 Å². The number of hydrogen-bond donors (Lipinski definition) is 1. The number of aromatic nitrogens is 1. The van der Waals surface area contributed by atoms with E-state index in [1.54, 1.807) is 7.11 Å². The lowest BCUT2D eigenvalue weighted by Gasteiger charge is -2.23. The lowest BCUT2D eigenvalue weighted by Crippen LogP contribution is -2.27. The maximum absolute atomic E-state index is 10.4. The van der Waals surface area contributed by atoms with Gasteiger partial charge in [0.2, 0.25) is 0 Å². The topological polar surface area (TPSA) is 68.0 Å². The Morgan fingerprint density at radius 1 is 1.35 bits per heavy atom. The van der Waals surface area contributed by atoms with Crippen molar-refractivity contribution >= 4 is 6.08 Å². The molecule has 0 spiro atoms. The SMILES string of the molecule is COc1cccc2c1OCC(CN1C[C@@H](Cc3cc(C)no3)[C@@H](O)C1)=C2. The van der Waals surface area contributed by atoms with Crippen molar-refractivity contribution in [1.29, 1.82) is 0 Å². The molecule has 0 bridgehead atoms. The maximum Gasteiger partial charge on any atom is 0.168 e. The van der Waals surface area contributed by atoms with Crippen molar-refractivity contribution in [2.45, 2.75) is 19.4 Å². The molecule has 0 aliphatic carbocycles. The molecule has 6 nitrogen and oxygen atoms in total. The van der Waals surface area contributed by atoms with Crippen LogP contribution in [0.25, 0.3) is 6.08 Å². The van der Waals surface area contributed by atoms with E-state index < -0.39 is 0 Å². The Morgan fingerprint density at radius 2 is 2.23 bits per heavy atom. The minimum Gasteiger partial charge on any atom is -0.493 e. The Bertz CT molecular complexity index is 814. The number of hydrogen-bond acceptors (Lipinski definition) is 6. The third kappa shape index (κ3) is 3.48. The molecule has 2 aliphatic rings. The van der Waals surface area contributed by atoms with E-state index in [9.17, 15) is 5.11 Å². The molecule has 2 aromatic rings. The zero-order valence-corrected chi connectivity index (χ0v) is 15.1. The van der Waals surface area contributed by atoms with Gasteiger partial charge in [0, 0.05) is 43.6 Å². The van der Waals surface area contributed by atoms with Gasteiger partial charge in [-0.15, -0.1) is 0 Å². The van der Waals surface area contributed by atoms with Crippen LogP contribution < -0.4 is 9.47 Å². The zero-order valence-electron chi connectivity index (χ0n) is 15.1. The number of methoxy groups -OCH3 is 1. The van der Waals surface area contributed by atoms with Gasteiger partial charge in [-0.3, -0.25) is 4.90 Å². The number of benzene rings is 1. The van der Waals surface area contributed by atoms with E-state index in [0.29, 0.717) is 19.6 Å². The number of aryl methyl sites for hydroxylation is 1. The monoisotopic (exact) mass is 356 g/mol. The zero-order chi connectivity index (χ0) is 18.1. The standard InChI is InChI=1S/C20H24N2O4/c1-13-6-17(26-21-13)8-16-10-22(11-18(16)23)9-14-7-15-4-3-5-19(24-2)20(15)25-12-14/h3-7,16,18,23H,8-12H2,1-2H3/t16-,18+/m1/s1. The highest BCUT2D eigenvalue weighted by atomic mass is 16.5. The first kappa shape index (κ1) is 17.1. The molecule has 4 rings (SSSR count). The number of β-amino-alcohol motifs (C(OH)–C–C–N with tert-alkyl or cyclic N) is 1. The summed E-state index contributed by atoms with van der Waals surface area (Å²) in [6, 6.07) is 7.85. The molecule has 2 aliphatic heterocycles. The molecule has 26 heavy (non-hydrogen) atoms. The summed E-state index contributed by atoms with van der Waals surface area (Å²) in [6.45, 7) is 4.75. The lowest BCUT2D eigenvalue weighted by atomic mass is 10.0. The van der Waals surface area contributed by atoms with Crippen LogP contribution in [0.3, 0.4) is 0 Å². The molecule has 0 amide bonds. The van der Waals surface area contributed by atoms with Crippen LogP contribution >= 0.6 is 0 Å². The molecule has 1 N–H and O–H groups in total. The van der Waals surface area contributed by atoms with Gasteiger partial charge in [0.25, 0.3) is 0 Å². The quantitative estimate of drug-likeness (QED) is 0.887. The predicted octanol–water partition coefficient (Wildman–Crippen LogP) is 2.30. The smallest absolute Gasteiger partial charge is 0.168 e. The van der Waals surface area contributed by atoms with Gasteiger partial charge in [-0.1, -0.05) is 17.3 Å². The molecule has 1 fully saturated rings. The fraction of sp³-hybridized carbons (Fsp3) is 0.450. The summed E-state index contributed by atoms with van der Waals surface area (Å²) in [7, 11) is 1.65. The summed E-state index contributed by atoms with van der Waals surface area (Å²) in [4.78, 5) is 2.28. The molecule has 0 unspecified atom stereocenters. The van der Waals surface area contributed by atoms with E-state index in [2.05, 4.69) is 16.1 Å². The Balaban J connectivity index is 1.41. The van der Waals surface area contributed by atoms with E-state index in [1.165, 1.54) is 5.57 Å². The number of aliphatic hydroxyl groups is 1. The average Bonchev–Trinajstić information content (AvgIpc) is 3.19. The van der Waals surface area contributed by atoms with Crippen LogP contribution in [-0.2, 0) is 6.42 Å². The molecule has 1 aromatic heterocycles. The molecular weight excluding hydrogens is 332 g/mol. The van der Waals surface area contributed by atoms with Crippen molar-refractivity contribution < 1.29 is 19.1 Å². The third-order valence-electron chi connectivity index (χ3n) is 5.04. The Kier molecular flexibility index (Phi) is 4.70. The summed E-state index contributed by atoms with van der Waals surface area (Å²) < 4.78 is 16.6. The highest BCUT2D eigenvalue weighted by Crippen LogP contribution is 2.36. The average molecular weight is 356 g/mol. The molecule has 3 heterocycles. The van der Waals surface area contributed by atoms with E-state index in [1.807, 2.05) is 31.2 Å². The number of nitrogens with zero attached hydrogens (tertiary/aromatic N) is 2. The van der Waals surface area contributed by atoms with Crippen LogP contribution in [0.4, 0.5) is 0 Å². The van der Waals surface area contributed by atoms with Crippen LogP contribution in [-0.4, -0.2) is 54.6 Å². The second-order valence-electron chi connectivity index (χ2n) is 7.13. The number of rotatable bonds is 5. The Hall–Kier alpha value is -2.31. The highest BCUT2D eigenvalue weighted by Gasteiger charge is 2.32. The van der Waals surface area contributed by atoms with Crippen LogP contribution in [0, 0.1) is 12.8 Å². The molecule has 1 saturated heterocycles. The number of fused-ring (bicyclic) bond motifs is 1. The number of para-hydroxylation sites is 1. The van der Waals surface area contributed by atoms with Gasteiger partial charge in [0.15, 0.2) is 11.5 Å². The summed E-state index contributed by atoms with van der Waals surface area (Å²) >= 11 is 0. The second kappa shape index (κ2) is 7.13. The maximum atomic E-state index is 10.4. The predicted molar refractivity (Wildman–Crippen MR) is 97.3 cm³/mol. The Morgan fingerprint density at radius 3 is 3.00 bits per heavy atom. The molecule has 138 valence electrons. The molecule has 6 heteroatoms.